The number of benzene rings is 2. The van der Waals surface area contributed by atoms with Crippen molar-refractivity contribution >= 4 is 34.7 Å². The molecule has 12 nitrogen and oxygen atoms in total. The number of ether oxygens (including phenoxy) is 3. The third-order valence-corrected chi connectivity index (χ3v) is 6.86. The molecule has 4 N–H and O–H groups in total. The third kappa shape index (κ3) is 10.9. The summed E-state index contributed by atoms with van der Waals surface area (Å²) >= 11 is 6.00. The van der Waals surface area contributed by atoms with Crippen molar-refractivity contribution in [1.82, 2.24) is 14.2 Å². The smallest absolute Gasteiger partial charge is 0.320 e. The molecule has 0 saturated carbocycles. The monoisotopic (exact) mass is 692 g/mol. The minimum atomic E-state index is -0.741. The molecule has 0 aliphatic carbocycles. The topological polar surface area (TPSA) is 156 Å². The molecule has 2 atom stereocenters. The molecular weight excluding hydrogens is 648 g/mol. The van der Waals surface area contributed by atoms with Crippen LogP contribution in [0.4, 0.5) is 5.69 Å². The van der Waals surface area contributed by atoms with Crippen LogP contribution in [0, 0.1) is 25.7 Å². The fourth-order valence-electron chi connectivity index (χ4n) is 4.65. The number of carbonyl (C=O) groups excluding carboxylic acids is 2. The second-order valence-corrected chi connectivity index (χ2v) is 10.2. The minimum Gasteiger partial charge on any atom is -0.495 e. The number of hydrogen-bond acceptors (Lipinski definition) is 10. The van der Waals surface area contributed by atoms with E-state index in [9.17, 15) is 14.4 Å². The minimum absolute atomic E-state index is 0.231. The Labute approximate surface area is 292 Å². The van der Waals surface area contributed by atoms with E-state index in [2.05, 4.69) is 44.6 Å². The summed E-state index contributed by atoms with van der Waals surface area (Å²) in [5.74, 6) is -0.777. The number of nitrogens with two attached hydrogens (primary N) is 2. The Kier molecular flexibility index (Phi) is 18.4. The molecular formula is C36H45ClN6O6. The van der Waals surface area contributed by atoms with E-state index in [4.69, 9.17) is 37.3 Å². The lowest BCUT2D eigenvalue weighted by molar-refractivity contribution is -0.161. The summed E-state index contributed by atoms with van der Waals surface area (Å²) in [4.78, 5) is 39.0. The lowest BCUT2D eigenvalue weighted by atomic mass is 10.1. The molecule has 0 unspecified atom stereocenters. The number of rotatable bonds is 8. The highest BCUT2D eigenvalue weighted by molar-refractivity contribution is 6.30. The van der Waals surface area contributed by atoms with Gasteiger partial charge in [-0.3, -0.25) is 19.0 Å². The Morgan fingerprint density at radius 1 is 0.898 bits per heavy atom. The first-order valence-electron chi connectivity index (χ1n) is 15.5. The lowest BCUT2D eigenvalue weighted by Gasteiger charge is -2.21. The first-order chi connectivity index (χ1) is 23.7. The maximum atomic E-state index is 13.4. The van der Waals surface area contributed by atoms with Crippen LogP contribution in [-0.4, -0.2) is 71.6 Å². The molecule has 262 valence electrons. The van der Waals surface area contributed by atoms with E-state index in [0.717, 1.165) is 11.1 Å². The van der Waals surface area contributed by atoms with Crippen LogP contribution in [0.25, 0.3) is 22.3 Å². The van der Waals surface area contributed by atoms with Crippen molar-refractivity contribution in [2.45, 2.75) is 46.3 Å². The van der Waals surface area contributed by atoms with Crippen molar-refractivity contribution in [2.75, 3.05) is 38.2 Å². The van der Waals surface area contributed by atoms with Crippen molar-refractivity contribution in [2.24, 2.45) is 11.5 Å². The summed E-state index contributed by atoms with van der Waals surface area (Å²) in [6.07, 6.45) is 19.0. The van der Waals surface area contributed by atoms with Crippen molar-refractivity contribution in [3.8, 4) is 48.3 Å². The maximum Gasteiger partial charge on any atom is 0.320 e. The zero-order valence-corrected chi connectivity index (χ0v) is 29.3. The number of anilines is 1. The molecule has 1 saturated heterocycles. The van der Waals surface area contributed by atoms with Crippen molar-refractivity contribution in [1.29, 1.82) is 0 Å². The average molecular weight is 693 g/mol. The van der Waals surface area contributed by atoms with E-state index < -0.39 is 24.1 Å². The largest absolute Gasteiger partial charge is 0.495 e. The summed E-state index contributed by atoms with van der Waals surface area (Å²) in [6, 6.07) is 14.3. The van der Waals surface area contributed by atoms with Crippen molar-refractivity contribution < 1.29 is 23.8 Å². The predicted molar refractivity (Wildman–Crippen MR) is 195 cm³/mol. The number of nitrogens with zero attached hydrogens (tertiary/aromatic N) is 4. The third-order valence-electron chi connectivity index (χ3n) is 6.60. The van der Waals surface area contributed by atoms with Crippen LogP contribution in [0.2, 0.25) is 5.02 Å². The van der Waals surface area contributed by atoms with Gasteiger partial charge >= 0.3 is 11.9 Å². The van der Waals surface area contributed by atoms with Crippen molar-refractivity contribution in [3.63, 3.8) is 0 Å². The van der Waals surface area contributed by atoms with Gasteiger partial charge in [-0.05, 0) is 35.9 Å². The second-order valence-electron chi connectivity index (χ2n) is 9.80. The molecule has 3 heterocycles. The summed E-state index contributed by atoms with van der Waals surface area (Å²) < 4.78 is 19.4. The van der Waals surface area contributed by atoms with Crippen LogP contribution < -0.4 is 26.7 Å². The fraction of sp³-hybridized carbons (Fsp3) is 0.333. The van der Waals surface area contributed by atoms with Gasteiger partial charge in [0.1, 0.15) is 17.6 Å². The quantitative estimate of drug-likeness (QED) is 0.201. The van der Waals surface area contributed by atoms with Gasteiger partial charge in [0.2, 0.25) is 0 Å². The van der Waals surface area contributed by atoms with Gasteiger partial charge in [-0.15, -0.1) is 25.7 Å². The van der Waals surface area contributed by atoms with E-state index in [1.807, 2.05) is 30.9 Å². The van der Waals surface area contributed by atoms with Crippen LogP contribution >= 0.6 is 11.6 Å². The number of halogens is 1. The van der Waals surface area contributed by atoms with Gasteiger partial charge in [-0.2, -0.15) is 5.10 Å². The van der Waals surface area contributed by atoms with Crippen molar-refractivity contribution in [3.05, 3.63) is 76.4 Å². The molecule has 49 heavy (non-hydrogen) atoms. The fourth-order valence-corrected chi connectivity index (χ4v) is 4.78. The number of aromatic nitrogens is 3. The van der Waals surface area contributed by atoms with Crippen LogP contribution in [0.5, 0.6) is 5.75 Å². The molecule has 2 aromatic heterocycles. The molecule has 2 aromatic carbocycles. The molecule has 13 heteroatoms. The van der Waals surface area contributed by atoms with Gasteiger partial charge in [0.15, 0.2) is 12.2 Å². The summed E-state index contributed by atoms with van der Waals surface area (Å²) in [5.41, 5.74) is 13.8. The standard InChI is InChI=1S/C27H27ClN6O6.C3H8.C2H6.2C2H2/c1-38-22-9-19(6-7-20(22)32-13-23(39-25(35)10-29)24(14-32)40-26(36)11-30)33-15-31-34-12-17(8-21(34)27(33)37)16-2-4-18(28)5-3-16;1-3-2;3*1-2/h2-9,12,15,23-24H,10-11,13-14,29-30H2,1H3;3H2,1-2H3;1-2H3;2*1-2H/t23-,24+;;;;. The molecule has 0 spiro atoms. The molecule has 0 radical (unpaired) electrons. The van der Waals surface area contributed by atoms with Gasteiger partial charge < -0.3 is 30.6 Å². The Bertz CT molecular complexity index is 1700. The SMILES string of the molecule is C#C.C#C.CC.CCC.COc1cc(-n2cnn3cc(-c4ccc(Cl)cc4)cc3c2=O)ccc1N1C[C@H](OC(=O)CN)[C@H](OC(=O)CN)C1. The van der Waals surface area contributed by atoms with Crippen LogP contribution in [-0.2, 0) is 19.1 Å². The Morgan fingerprint density at radius 3 is 1.92 bits per heavy atom. The Morgan fingerprint density at radius 2 is 1.43 bits per heavy atom. The van der Waals surface area contributed by atoms with Crippen LogP contribution in [0.1, 0.15) is 34.1 Å². The highest BCUT2D eigenvalue weighted by Crippen LogP contribution is 2.34. The number of carbonyl (C=O) groups is 2. The number of hydrogen-bond donors (Lipinski definition) is 2. The number of fused-ring (bicyclic) bond motifs is 1. The Balaban J connectivity index is 0.00000122. The number of methoxy groups -OCH3 is 1. The molecule has 0 bridgehead atoms. The number of esters is 2. The van der Waals surface area contributed by atoms with Gasteiger partial charge in [0, 0.05) is 22.8 Å². The summed E-state index contributed by atoms with van der Waals surface area (Å²) in [7, 11) is 1.51. The molecule has 0 amide bonds. The lowest BCUT2D eigenvalue weighted by Crippen LogP contribution is -2.36. The zero-order chi connectivity index (χ0) is 37.1. The number of terminal acetylenes is 2. The van der Waals surface area contributed by atoms with E-state index in [-0.39, 0.29) is 31.7 Å². The Hall–Kier alpha value is -5.27. The summed E-state index contributed by atoms with van der Waals surface area (Å²) in [6.45, 7) is 8.11. The van der Waals surface area contributed by atoms with Gasteiger partial charge in [-0.25, -0.2) is 4.52 Å². The first-order valence-corrected chi connectivity index (χ1v) is 15.9. The van der Waals surface area contributed by atoms with Gasteiger partial charge in [-0.1, -0.05) is 57.8 Å². The highest BCUT2D eigenvalue weighted by Gasteiger charge is 2.39. The van der Waals surface area contributed by atoms with E-state index in [1.165, 1.54) is 28.9 Å². The summed E-state index contributed by atoms with van der Waals surface area (Å²) in [5, 5.41) is 5.04. The van der Waals surface area contributed by atoms with E-state index >= 15 is 0 Å². The zero-order valence-electron chi connectivity index (χ0n) is 28.5. The van der Waals surface area contributed by atoms with Crippen LogP contribution in [0.3, 0.4) is 0 Å². The van der Waals surface area contributed by atoms with Gasteiger partial charge in [0.05, 0.1) is 44.7 Å². The molecule has 1 aliphatic heterocycles. The van der Waals surface area contributed by atoms with Gasteiger partial charge in [0.25, 0.3) is 5.56 Å². The predicted octanol–water partition coefficient (Wildman–Crippen LogP) is 4.32. The van der Waals surface area contributed by atoms with E-state index in [0.29, 0.717) is 27.7 Å². The first kappa shape index (κ1) is 41.8. The van der Waals surface area contributed by atoms with E-state index in [1.54, 1.807) is 42.6 Å². The highest BCUT2D eigenvalue weighted by atomic mass is 35.5. The average Bonchev–Trinajstić information content (AvgIpc) is 3.76. The van der Waals surface area contributed by atoms with Crippen LogP contribution in [0.15, 0.2) is 65.8 Å². The molecule has 1 aliphatic rings. The molecule has 1 fully saturated rings. The normalized spacial score (nSPS) is 14.2. The molecule has 5 rings (SSSR count). The maximum absolute atomic E-state index is 13.4. The second kappa shape index (κ2) is 21.6. The molecule has 4 aromatic rings.